The Morgan fingerprint density at radius 2 is 1.13 bits per heavy atom. The number of carboxylic acids is 3. The van der Waals surface area contributed by atoms with Crippen LogP contribution in [0.3, 0.4) is 0 Å². The van der Waals surface area contributed by atoms with Gasteiger partial charge in [-0.15, -0.1) is 0 Å². The molecule has 0 bridgehead atoms. The number of nitrogens with zero attached hydrogens (tertiary/aromatic N) is 2. The van der Waals surface area contributed by atoms with Gasteiger partial charge in [-0.2, -0.15) is 0 Å². The first kappa shape index (κ1) is 21.5. The van der Waals surface area contributed by atoms with Gasteiger partial charge in [0, 0.05) is 21.2 Å². The van der Waals surface area contributed by atoms with E-state index in [1.807, 2.05) is 0 Å². The molecule has 0 aliphatic rings. The van der Waals surface area contributed by atoms with Crippen LogP contribution in [0.1, 0.15) is 6.42 Å². The van der Waals surface area contributed by atoms with E-state index in [-0.39, 0.29) is 26.2 Å². The highest BCUT2D eigenvalue weighted by Crippen LogP contribution is 2.11. The zero-order chi connectivity index (χ0) is 18.0. The number of carbonyl (C=O) groups is 3. The van der Waals surface area contributed by atoms with Crippen LogP contribution in [-0.2, 0) is 14.4 Å². The van der Waals surface area contributed by atoms with Crippen molar-refractivity contribution in [2.45, 2.75) is 32.1 Å². The van der Waals surface area contributed by atoms with Crippen molar-refractivity contribution in [2.24, 2.45) is 0 Å². The van der Waals surface area contributed by atoms with Gasteiger partial charge in [0.2, 0.25) is 0 Å². The lowest BCUT2D eigenvalue weighted by molar-refractivity contribution is -0.143. The average Bonchev–Trinajstić information content (AvgIpc) is 2.31. The molecule has 0 amide bonds. The summed E-state index contributed by atoms with van der Waals surface area (Å²) >= 11 is 0. The highest BCUT2D eigenvalue weighted by Gasteiger charge is 2.18. The second-order valence-corrected chi connectivity index (χ2v) is 12.5. The first-order valence-corrected chi connectivity index (χ1v) is 11.3. The molecule has 134 valence electrons. The Morgan fingerprint density at radius 3 is 1.52 bits per heavy atom. The monoisotopic (exact) mass is 348 g/mol. The summed E-state index contributed by atoms with van der Waals surface area (Å²) in [6.07, 6.45) is 0.890. The molecule has 0 aliphatic carbocycles. The molecule has 3 N–H and O–H groups in total. The molecule has 0 aromatic heterocycles. The third kappa shape index (κ3) is 13.9. The van der Waals surface area contributed by atoms with E-state index in [1.54, 1.807) is 4.90 Å². The van der Waals surface area contributed by atoms with E-state index in [9.17, 15) is 14.4 Å². The molecule has 0 unspecified atom stereocenters. The molecular formula is C14H28N2O6Si. The predicted octanol–water partition coefficient (Wildman–Crippen LogP) is 0.573. The van der Waals surface area contributed by atoms with Crippen molar-refractivity contribution in [1.29, 1.82) is 0 Å². The smallest absolute Gasteiger partial charge is 0.317 e. The van der Waals surface area contributed by atoms with Crippen molar-refractivity contribution in [1.82, 2.24) is 9.80 Å². The Balaban J connectivity index is 4.50. The van der Waals surface area contributed by atoms with Crippen LogP contribution < -0.4 is 0 Å². The SMILES string of the molecule is C[Si](C)(C)CCCN(CCN(CC(=O)O)CC(=O)O)CC(=O)O. The molecule has 8 nitrogen and oxygen atoms in total. The quantitative estimate of drug-likeness (QED) is 0.413. The Labute approximate surface area is 137 Å². The predicted molar refractivity (Wildman–Crippen MR) is 88.6 cm³/mol. The lowest BCUT2D eigenvalue weighted by atomic mass is 10.3. The molecule has 0 saturated heterocycles. The number of carboxylic acid groups (broad SMARTS) is 3. The highest BCUT2D eigenvalue weighted by molar-refractivity contribution is 6.76. The molecule has 9 heteroatoms. The zero-order valence-corrected chi connectivity index (χ0v) is 15.1. The van der Waals surface area contributed by atoms with Gasteiger partial charge in [-0.1, -0.05) is 25.7 Å². The van der Waals surface area contributed by atoms with Crippen LogP contribution in [0.25, 0.3) is 0 Å². The van der Waals surface area contributed by atoms with E-state index in [0.717, 1.165) is 12.5 Å². The molecular weight excluding hydrogens is 320 g/mol. The minimum absolute atomic E-state index is 0.125. The average molecular weight is 348 g/mol. The Kier molecular flexibility index (Phi) is 9.69. The molecule has 0 aromatic rings. The third-order valence-electron chi connectivity index (χ3n) is 3.21. The lowest BCUT2D eigenvalue weighted by Gasteiger charge is -2.25. The molecule has 0 rings (SSSR count). The van der Waals surface area contributed by atoms with Crippen molar-refractivity contribution >= 4 is 26.0 Å². The topological polar surface area (TPSA) is 118 Å². The van der Waals surface area contributed by atoms with Crippen molar-refractivity contribution < 1.29 is 29.7 Å². The molecule has 0 spiro atoms. The maximum atomic E-state index is 10.9. The number of hydrogen-bond acceptors (Lipinski definition) is 5. The third-order valence-corrected chi connectivity index (χ3v) is 5.06. The minimum Gasteiger partial charge on any atom is -0.480 e. The fourth-order valence-electron chi connectivity index (χ4n) is 2.17. The van der Waals surface area contributed by atoms with E-state index >= 15 is 0 Å². The van der Waals surface area contributed by atoms with Crippen LogP contribution in [0, 0.1) is 0 Å². The largest absolute Gasteiger partial charge is 0.480 e. The molecule has 0 aromatic carbocycles. The molecule has 0 heterocycles. The Hall–Kier alpha value is -1.45. The molecule has 23 heavy (non-hydrogen) atoms. The molecule has 0 fully saturated rings. The van der Waals surface area contributed by atoms with E-state index < -0.39 is 26.0 Å². The van der Waals surface area contributed by atoms with Gasteiger partial charge >= 0.3 is 17.9 Å². The van der Waals surface area contributed by atoms with Gasteiger partial charge in [0.05, 0.1) is 19.6 Å². The van der Waals surface area contributed by atoms with Crippen LogP contribution >= 0.6 is 0 Å². The zero-order valence-electron chi connectivity index (χ0n) is 14.1. The fourth-order valence-corrected chi connectivity index (χ4v) is 3.39. The molecule has 0 saturated carbocycles. The number of rotatable bonds is 13. The van der Waals surface area contributed by atoms with Gasteiger partial charge in [-0.3, -0.25) is 24.2 Å². The second-order valence-electron chi connectivity index (χ2n) is 6.83. The number of aliphatic carboxylic acids is 3. The summed E-state index contributed by atoms with van der Waals surface area (Å²) in [6.45, 7) is 7.02. The van der Waals surface area contributed by atoms with Gasteiger partial charge in [-0.05, 0) is 13.0 Å². The maximum absolute atomic E-state index is 10.9. The normalized spacial score (nSPS) is 11.9. The van der Waals surface area contributed by atoms with Gasteiger partial charge in [0.25, 0.3) is 0 Å². The lowest BCUT2D eigenvalue weighted by Crippen LogP contribution is -2.42. The van der Waals surface area contributed by atoms with Gasteiger partial charge < -0.3 is 15.3 Å². The standard InChI is InChI=1S/C14H28N2O6Si/c1-23(2,3)8-4-5-15(9-12(17)18)6-7-16(10-13(19)20)11-14(21)22/h4-11H2,1-3H3,(H,17,18)(H,19,20)(H,21,22). The van der Waals surface area contributed by atoms with Crippen LogP contribution in [-0.4, -0.2) is 90.4 Å². The summed E-state index contributed by atoms with van der Waals surface area (Å²) in [5, 5.41) is 26.6. The first-order chi connectivity index (χ1) is 10.5. The van der Waals surface area contributed by atoms with Crippen LogP contribution in [0.15, 0.2) is 0 Å². The molecule has 0 atom stereocenters. The van der Waals surface area contributed by atoms with Crippen LogP contribution in [0.2, 0.25) is 25.7 Å². The van der Waals surface area contributed by atoms with Gasteiger partial charge in [0.15, 0.2) is 0 Å². The van der Waals surface area contributed by atoms with Gasteiger partial charge in [-0.25, -0.2) is 0 Å². The van der Waals surface area contributed by atoms with Crippen molar-refractivity contribution in [3.8, 4) is 0 Å². The Bertz CT molecular complexity index is 395. The van der Waals surface area contributed by atoms with Gasteiger partial charge in [0.1, 0.15) is 0 Å². The van der Waals surface area contributed by atoms with E-state index in [4.69, 9.17) is 15.3 Å². The number of hydrogen-bond donors (Lipinski definition) is 3. The summed E-state index contributed by atoms with van der Waals surface area (Å²) in [7, 11) is -1.19. The van der Waals surface area contributed by atoms with Crippen LogP contribution in [0.5, 0.6) is 0 Å². The Morgan fingerprint density at radius 1 is 0.739 bits per heavy atom. The highest BCUT2D eigenvalue weighted by atomic mass is 28.3. The minimum atomic E-state index is -1.19. The fraction of sp³-hybridized carbons (Fsp3) is 0.786. The summed E-state index contributed by atoms with van der Waals surface area (Å²) in [6, 6.07) is 1.08. The molecule has 0 aliphatic heterocycles. The second kappa shape index (κ2) is 10.3. The van der Waals surface area contributed by atoms with Crippen LogP contribution in [0.4, 0.5) is 0 Å². The van der Waals surface area contributed by atoms with E-state index in [2.05, 4.69) is 19.6 Å². The molecule has 0 radical (unpaired) electrons. The summed E-state index contributed by atoms with van der Waals surface area (Å²) in [5.41, 5.74) is 0. The van der Waals surface area contributed by atoms with E-state index in [1.165, 1.54) is 4.90 Å². The first-order valence-electron chi connectivity index (χ1n) is 7.59. The van der Waals surface area contributed by atoms with Crippen molar-refractivity contribution in [3.63, 3.8) is 0 Å². The summed E-state index contributed by atoms with van der Waals surface area (Å²) in [4.78, 5) is 35.5. The van der Waals surface area contributed by atoms with Crippen molar-refractivity contribution in [2.75, 3.05) is 39.3 Å². The summed E-state index contributed by atoms with van der Waals surface area (Å²) < 4.78 is 0. The van der Waals surface area contributed by atoms with Crippen molar-refractivity contribution in [3.05, 3.63) is 0 Å². The van der Waals surface area contributed by atoms with E-state index in [0.29, 0.717) is 13.1 Å². The summed E-state index contributed by atoms with van der Waals surface area (Å²) in [5.74, 6) is -3.15. The maximum Gasteiger partial charge on any atom is 0.317 e.